The van der Waals surface area contributed by atoms with E-state index < -0.39 is 0 Å². The van der Waals surface area contributed by atoms with Crippen molar-refractivity contribution in [2.75, 3.05) is 6.54 Å². The molecule has 0 unspecified atom stereocenters. The smallest absolute Gasteiger partial charge is 0.239 e. The molecule has 0 spiro atoms. The molecule has 4 fully saturated rings. The third kappa shape index (κ3) is 3.31. The fourth-order valence-corrected chi connectivity index (χ4v) is 5.85. The third-order valence-corrected chi connectivity index (χ3v) is 6.61. The highest BCUT2D eigenvalue weighted by Gasteiger charge is 2.54. The maximum Gasteiger partial charge on any atom is 0.239 e. The predicted octanol–water partition coefficient (Wildman–Crippen LogP) is 3.20. The van der Waals surface area contributed by atoms with Crippen molar-refractivity contribution in [3.8, 4) is 0 Å². The summed E-state index contributed by atoms with van der Waals surface area (Å²) in [6.07, 6.45) is 7.07. The van der Waals surface area contributed by atoms with Crippen LogP contribution < -0.4 is 10.6 Å². The van der Waals surface area contributed by atoms with E-state index in [1.807, 2.05) is 37.3 Å². The minimum atomic E-state index is -0.180. The minimum absolute atomic E-state index is 0.0508. The van der Waals surface area contributed by atoms with E-state index >= 15 is 0 Å². The van der Waals surface area contributed by atoms with Crippen LogP contribution in [0.5, 0.6) is 0 Å². The lowest BCUT2D eigenvalue weighted by Gasteiger charge is -2.55. The van der Waals surface area contributed by atoms with Crippen LogP contribution in [0.3, 0.4) is 0 Å². The quantitative estimate of drug-likeness (QED) is 0.865. The van der Waals surface area contributed by atoms with Gasteiger partial charge in [-0.25, -0.2) is 0 Å². The number of amides is 2. The van der Waals surface area contributed by atoms with Gasteiger partial charge in [-0.05, 0) is 68.8 Å². The number of carbonyl (C=O) groups is 2. The van der Waals surface area contributed by atoms with Crippen molar-refractivity contribution in [3.63, 3.8) is 0 Å². The fraction of sp³-hybridized carbons (Fsp3) is 0.619. The second-order valence-corrected chi connectivity index (χ2v) is 8.58. The third-order valence-electron chi connectivity index (χ3n) is 6.61. The van der Waals surface area contributed by atoms with Gasteiger partial charge in [-0.15, -0.1) is 0 Å². The number of rotatable bonds is 5. The molecule has 2 N–H and O–H groups in total. The molecule has 0 heterocycles. The Morgan fingerprint density at radius 3 is 2.16 bits per heavy atom. The van der Waals surface area contributed by atoms with Gasteiger partial charge < -0.3 is 10.6 Å². The molecule has 4 saturated carbocycles. The lowest BCUT2D eigenvalue weighted by molar-refractivity contribution is -0.147. The second-order valence-electron chi connectivity index (χ2n) is 8.58. The number of hydrogen-bond donors (Lipinski definition) is 2. The van der Waals surface area contributed by atoms with E-state index in [2.05, 4.69) is 10.6 Å². The molecule has 4 bridgehead atoms. The van der Waals surface area contributed by atoms with E-state index in [0.717, 1.165) is 42.6 Å². The zero-order valence-corrected chi connectivity index (χ0v) is 15.0. The van der Waals surface area contributed by atoms with Gasteiger partial charge in [-0.3, -0.25) is 9.59 Å². The van der Waals surface area contributed by atoms with Crippen LogP contribution in [0.15, 0.2) is 30.3 Å². The molecule has 134 valence electrons. The molecule has 4 heteroatoms. The van der Waals surface area contributed by atoms with E-state index in [1.165, 1.54) is 19.3 Å². The Balaban J connectivity index is 1.31. The molecule has 1 aromatic carbocycles. The van der Waals surface area contributed by atoms with Gasteiger partial charge in [0.1, 0.15) is 0 Å². The van der Waals surface area contributed by atoms with Crippen LogP contribution in [0, 0.1) is 23.2 Å². The van der Waals surface area contributed by atoms with E-state index in [0.29, 0.717) is 0 Å². The van der Waals surface area contributed by atoms with Crippen molar-refractivity contribution in [2.24, 2.45) is 23.2 Å². The molecule has 0 radical (unpaired) electrons. The number of hydrogen-bond acceptors (Lipinski definition) is 2. The molecule has 4 aliphatic rings. The van der Waals surface area contributed by atoms with Crippen LogP contribution in [-0.4, -0.2) is 18.4 Å². The van der Waals surface area contributed by atoms with Crippen LogP contribution >= 0.6 is 0 Å². The van der Waals surface area contributed by atoms with E-state index in [9.17, 15) is 9.59 Å². The highest BCUT2D eigenvalue weighted by Crippen LogP contribution is 2.60. The zero-order valence-electron chi connectivity index (χ0n) is 15.0. The standard InChI is InChI=1S/C21H28N2O2/c1-14(18-5-3-2-4-6-18)23-19(24)13-22-20(25)21-10-15-7-16(11-21)9-17(8-15)12-21/h2-6,14-17H,7-13H2,1H3,(H,22,25)(H,23,24)/t14-,15?,16?,17?,21?/m1/s1. The summed E-state index contributed by atoms with van der Waals surface area (Å²) < 4.78 is 0. The molecule has 1 aromatic rings. The summed E-state index contributed by atoms with van der Waals surface area (Å²) in [5.41, 5.74) is 0.892. The first-order valence-electron chi connectivity index (χ1n) is 9.67. The summed E-state index contributed by atoms with van der Waals surface area (Å²) in [6.45, 7) is 2.05. The zero-order chi connectivity index (χ0) is 17.4. The van der Waals surface area contributed by atoms with Gasteiger partial charge in [0.25, 0.3) is 0 Å². The molecular formula is C21H28N2O2. The SMILES string of the molecule is C[C@@H](NC(=O)CNC(=O)C12CC3CC(CC(C3)C1)C2)c1ccccc1. The molecule has 0 aromatic heterocycles. The van der Waals surface area contributed by atoms with E-state index in [1.54, 1.807) is 0 Å². The Hall–Kier alpha value is -1.84. The molecule has 5 rings (SSSR count). The number of carbonyl (C=O) groups excluding carboxylic acids is 2. The highest BCUT2D eigenvalue weighted by atomic mass is 16.2. The molecule has 4 nitrogen and oxygen atoms in total. The van der Waals surface area contributed by atoms with Crippen molar-refractivity contribution in [1.29, 1.82) is 0 Å². The average Bonchev–Trinajstić information content (AvgIpc) is 2.59. The van der Waals surface area contributed by atoms with Crippen LogP contribution in [0.4, 0.5) is 0 Å². The molecule has 25 heavy (non-hydrogen) atoms. The van der Waals surface area contributed by atoms with Crippen LogP contribution in [0.1, 0.15) is 57.1 Å². The van der Waals surface area contributed by atoms with E-state index in [-0.39, 0.29) is 29.8 Å². The number of benzene rings is 1. The number of nitrogens with one attached hydrogen (secondary N) is 2. The van der Waals surface area contributed by atoms with Gasteiger partial charge in [-0.1, -0.05) is 30.3 Å². The summed E-state index contributed by atoms with van der Waals surface area (Å²) in [5, 5.41) is 5.92. The maximum atomic E-state index is 12.9. The summed E-state index contributed by atoms with van der Waals surface area (Å²) in [6, 6.07) is 9.84. The van der Waals surface area contributed by atoms with Crippen LogP contribution in [-0.2, 0) is 9.59 Å². The van der Waals surface area contributed by atoms with Crippen LogP contribution in [0.2, 0.25) is 0 Å². The van der Waals surface area contributed by atoms with Gasteiger partial charge >= 0.3 is 0 Å². The first-order valence-corrected chi connectivity index (χ1v) is 9.67. The Morgan fingerprint density at radius 2 is 1.60 bits per heavy atom. The molecule has 1 atom stereocenters. The summed E-state index contributed by atoms with van der Waals surface area (Å²) in [7, 11) is 0. The molecule has 2 amide bonds. The Bertz CT molecular complexity index is 620. The Kier molecular flexibility index (Phi) is 4.30. The first kappa shape index (κ1) is 16.6. The van der Waals surface area contributed by atoms with Gasteiger partial charge in [-0.2, -0.15) is 0 Å². The fourth-order valence-electron chi connectivity index (χ4n) is 5.85. The van der Waals surface area contributed by atoms with Gasteiger partial charge in [0.2, 0.25) is 11.8 Å². The topological polar surface area (TPSA) is 58.2 Å². The van der Waals surface area contributed by atoms with Crippen molar-refractivity contribution >= 4 is 11.8 Å². The van der Waals surface area contributed by atoms with E-state index in [4.69, 9.17) is 0 Å². The molecule has 4 aliphatic carbocycles. The minimum Gasteiger partial charge on any atom is -0.348 e. The second kappa shape index (κ2) is 6.47. The highest BCUT2D eigenvalue weighted by molar-refractivity contribution is 5.88. The average molecular weight is 340 g/mol. The molecular weight excluding hydrogens is 312 g/mol. The summed E-state index contributed by atoms with van der Waals surface area (Å²) in [4.78, 5) is 25.1. The largest absolute Gasteiger partial charge is 0.348 e. The van der Waals surface area contributed by atoms with Crippen molar-refractivity contribution in [3.05, 3.63) is 35.9 Å². The predicted molar refractivity (Wildman–Crippen MR) is 96.6 cm³/mol. The van der Waals surface area contributed by atoms with Gasteiger partial charge in [0, 0.05) is 5.41 Å². The van der Waals surface area contributed by atoms with Crippen molar-refractivity contribution in [1.82, 2.24) is 10.6 Å². The maximum absolute atomic E-state index is 12.9. The summed E-state index contributed by atoms with van der Waals surface area (Å²) in [5.74, 6) is 2.22. The molecule has 0 aliphatic heterocycles. The normalized spacial score (nSPS) is 33.7. The lowest BCUT2D eigenvalue weighted by Crippen LogP contribution is -2.54. The van der Waals surface area contributed by atoms with Crippen LogP contribution in [0.25, 0.3) is 0 Å². The van der Waals surface area contributed by atoms with Crippen molar-refractivity contribution < 1.29 is 9.59 Å². The Morgan fingerprint density at radius 1 is 1.04 bits per heavy atom. The van der Waals surface area contributed by atoms with Crippen molar-refractivity contribution in [2.45, 2.75) is 51.5 Å². The van der Waals surface area contributed by atoms with Gasteiger partial charge in [0.15, 0.2) is 0 Å². The Labute approximate surface area is 149 Å². The molecule has 0 saturated heterocycles. The summed E-state index contributed by atoms with van der Waals surface area (Å²) >= 11 is 0. The first-order chi connectivity index (χ1) is 12.0. The monoisotopic (exact) mass is 340 g/mol. The van der Waals surface area contributed by atoms with Gasteiger partial charge in [0.05, 0.1) is 12.6 Å². The lowest BCUT2D eigenvalue weighted by atomic mass is 9.49.